The first-order valence-electron chi connectivity index (χ1n) is 4.09. The lowest BCUT2D eigenvalue weighted by Crippen LogP contribution is -2.22. The molecule has 0 atom stereocenters. The minimum atomic E-state index is -0.574. The van der Waals surface area contributed by atoms with Crippen LogP contribution in [-0.4, -0.2) is 26.3 Å². The van der Waals surface area contributed by atoms with Gasteiger partial charge in [0.15, 0.2) is 0 Å². The molecule has 0 aliphatic rings. The minimum Gasteiger partial charge on any atom is -0.364 e. The third-order valence-electron chi connectivity index (χ3n) is 1.64. The molecule has 2 rings (SSSR count). The number of nitrogens with zero attached hydrogens (tertiary/aromatic N) is 4. The second kappa shape index (κ2) is 3.74. The highest BCUT2D eigenvalue weighted by Crippen LogP contribution is 1.99. The topological polar surface area (TPSA) is 95.9 Å². The summed E-state index contributed by atoms with van der Waals surface area (Å²) in [5.74, 6) is -0.658. The molecular formula is C8H7N5O2. The molecule has 1 aromatic carbocycles. The summed E-state index contributed by atoms with van der Waals surface area (Å²) in [5, 5.41) is 9.96. The minimum absolute atomic E-state index is 0.0840. The van der Waals surface area contributed by atoms with Gasteiger partial charge in [-0.1, -0.05) is 23.3 Å². The molecule has 0 saturated carbocycles. The molecule has 0 fully saturated rings. The van der Waals surface area contributed by atoms with E-state index in [9.17, 15) is 4.79 Å². The molecule has 1 heterocycles. The Bertz CT molecular complexity index is 467. The lowest BCUT2D eigenvalue weighted by atomic mass is 10.2. The fraction of sp³-hybridized carbons (Fsp3) is 0. The summed E-state index contributed by atoms with van der Waals surface area (Å²) in [6.07, 6.45) is 0. The van der Waals surface area contributed by atoms with E-state index in [1.54, 1.807) is 30.3 Å². The molecule has 2 N–H and O–H groups in total. The van der Waals surface area contributed by atoms with Gasteiger partial charge >= 0.3 is 5.97 Å². The number of benzene rings is 1. The third-order valence-corrected chi connectivity index (χ3v) is 1.64. The van der Waals surface area contributed by atoms with Crippen LogP contribution in [0.4, 0.5) is 5.95 Å². The molecule has 0 amide bonds. The molecule has 0 saturated heterocycles. The number of hydrogen-bond acceptors (Lipinski definition) is 6. The molecule has 7 heteroatoms. The van der Waals surface area contributed by atoms with Crippen molar-refractivity contribution in [3.05, 3.63) is 35.9 Å². The Morgan fingerprint density at radius 1 is 1.33 bits per heavy atom. The van der Waals surface area contributed by atoms with Crippen LogP contribution in [0, 0.1) is 0 Å². The first-order chi connectivity index (χ1) is 7.27. The smallest absolute Gasteiger partial charge is 0.364 e. The second-order valence-electron chi connectivity index (χ2n) is 2.65. The van der Waals surface area contributed by atoms with Crippen molar-refractivity contribution in [1.29, 1.82) is 0 Å². The van der Waals surface area contributed by atoms with Crippen LogP contribution in [0.5, 0.6) is 0 Å². The fourth-order valence-electron chi connectivity index (χ4n) is 0.957. The van der Waals surface area contributed by atoms with Gasteiger partial charge in [-0.15, -0.1) is 0 Å². The highest BCUT2D eigenvalue weighted by Gasteiger charge is 2.10. The molecule has 0 unspecified atom stereocenters. The first kappa shape index (κ1) is 9.13. The average molecular weight is 205 g/mol. The summed E-state index contributed by atoms with van der Waals surface area (Å²) in [5.41, 5.74) is 5.71. The number of carbonyl (C=O) groups excluding carboxylic acids is 1. The van der Waals surface area contributed by atoms with Gasteiger partial charge in [0.1, 0.15) is 0 Å². The highest BCUT2D eigenvalue weighted by atomic mass is 16.7. The molecule has 0 aliphatic carbocycles. The van der Waals surface area contributed by atoms with E-state index in [1.165, 1.54) is 0 Å². The van der Waals surface area contributed by atoms with Gasteiger partial charge in [0.2, 0.25) is 0 Å². The summed E-state index contributed by atoms with van der Waals surface area (Å²) in [6.45, 7) is 0. The standard InChI is InChI=1S/C8H7N5O2/c9-8-10-11-12-13(8)15-7(14)6-4-2-1-3-5-6/h1-5H,(H2,9,10,12). The Morgan fingerprint density at radius 3 is 2.67 bits per heavy atom. The molecule has 0 spiro atoms. The molecule has 0 bridgehead atoms. The lowest BCUT2D eigenvalue weighted by Gasteiger charge is -2.01. The van der Waals surface area contributed by atoms with Gasteiger partial charge < -0.3 is 10.6 Å². The van der Waals surface area contributed by atoms with E-state index >= 15 is 0 Å². The van der Waals surface area contributed by atoms with Crippen LogP contribution < -0.4 is 10.6 Å². The zero-order chi connectivity index (χ0) is 10.7. The van der Waals surface area contributed by atoms with E-state index < -0.39 is 5.97 Å². The van der Waals surface area contributed by atoms with Crippen LogP contribution in [0.1, 0.15) is 10.4 Å². The summed E-state index contributed by atoms with van der Waals surface area (Å²) in [6, 6.07) is 8.47. The van der Waals surface area contributed by atoms with Gasteiger partial charge in [-0.2, -0.15) is 0 Å². The zero-order valence-corrected chi connectivity index (χ0v) is 7.57. The number of carbonyl (C=O) groups is 1. The van der Waals surface area contributed by atoms with Gasteiger partial charge in [-0.05, 0) is 27.4 Å². The van der Waals surface area contributed by atoms with Gasteiger partial charge in [0.05, 0.1) is 5.56 Å². The van der Waals surface area contributed by atoms with Gasteiger partial charge in [-0.25, -0.2) is 4.79 Å². The predicted molar refractivity (Wildman–Crippen MR) is 49.6 cm³/mol. The molecule has 76 valence electrons. The quantitative estimate of drug-likeness (QED) is 0.665. The SMILES string of the molecule is Nc1nnnn1OC(=O)c1ccccc1. The van der Waals surface area contributed by atoms with E-state index in [-0.39, 0.29) is 5.95 Å². The lowest BCUT2D eigenvalue weighted by molar-refractivity contribution is 0.0396. The van der Waals surface area contributed by atoms with E-state index in [2.05, 4.69) is 15.5 Å². The number of rotatable bonds is 2. The maximum Gasteiger partial charge on any atom is 0.365 e. The second-order valence-corrected chi connectivity index (χ2v) is 2.65. The van der Waals surface area contributed by atoms with Crippen LogP contribution in [0.15, 0.2) is 30.3 Å². The van der Waals surface area contributed by atoms with Crippen LogP contribution in [-0.2, 0) is 0 Å². The van der Waals surface area contributed by atoms with Crippen molar-refractivity contribution in [3.63, 3.8) is 0 Å². The Kier molecular flexibility index (Phi) is 2.28. The van der Waals surface area contributed by atoms with Crippen molar-refractivity contribution in [2.75, 3.05) is 5.73 Å². The summed E-state index contributed by atoms with van der Waals surface area (Å²) >= 11 is 0. The third kappa shape index (κ3) is 1.90. The molecule has 1 aromatic heterocycles. The van der Waals surface area contributed by atoms with Crippen molar-refractivity contribution >= 4 is 11.9 Å². The van der Waals surface area contributed by atoms with Crippen molar-refractivity contribution in [1.82, 2.24) is 20.4 Å². The Labute approximate surface area is 84.4 Å². The van der Waals surface area contributed by atoms with Crippen LogP contribution in [0.2, 0.25) is 0 Å². The Balaban J connectivity index is 2.15. The molecular weight excluding hydrogens is 198 g/mol. The number of anilines is 1. The number of aromatic nitrogens is 4. The van der Waals surface area contributed by atoms with Crippen LogP contribution in [0.3, 0.4) is 0 Å². The van der Waals surface area contributed by atoms with E-state index in [0.717, 1.165) is 4.85 Å². The molecule has 0 radical (unpaired) electrons. The van der Waals surface area contributed by atoms with Crippen molar-refractivity contribution in [2.24, 2.45) is 0 Å². The van der Waals surface area contributed by atoms with Gasteiger partial charge in [0, 0.05) is 0 Å². The van der Waals surface area contributed by atoms with Gasteiger partial charge in [-0.3, -0.25) is 0 Å². The Morgan fingerprint density at radius 2 is 2.07 bits per heavy atom. The number of nitrogens with two attached hydrogens (primary N) is 1. The molecule has 0 aliphatic heterocycles. The number of hydrogen-bond donors (Lipinski definition) is 1. The molecule has 15 heavy (non-hydrogen) atoms. The largest absolute Gasteiger partial charge is 0.365 e. The average Bonchev–Trinajstić information content (AvgIpc) is 2.66. The molecule has 7 nitrogen and oxygen atoms in total. The highest BCUT2D eigenvalue weighted by molar-refractivity contribution is 5.89. The molecule has 2 aromatic rings. The summed E-state index contributed by atoms with van der Waals surface area (Å²) in [4.78, 5) is 17.0. The monoisotopic (exact) mass is 205 g/mol. The van der Waals surface area contributed by atoms with Crippen molar-refractivity contribution in [3.8, 4) is 0 Å². The van der Waals surface area contributed by atoms with Gasteiger partial charge in [0.25, 0.3) is 5.95 Å². The summed E-state index contributed by atoms with van der Waals surface area (Å²) < 4.78 is 0. The van der Waals surface area contributed by atoms with Crippen LogP contribution in [0.25, 0.3) is 0 Å². The van der Waals surface area contributed by atoms with Crippen LogP contribution >= 0.6 is 0 Å². The van der Waals surface area contributed by atoms with E-state index in [4.69, 9.17) is 10.6 Å². The fourth-order valence-corrected chi connectivity index (χ4v) is 0.957. The maximum atomic E-state index is 11.5. The normalized spacial score (nSPS) is 9.87. The first-order valence-corrected chi connectivity index (χ1v) is 4.09. The summed E-state index contributed by atoms with van der Waals surface area (Å²) in [7, 11) is 0. The van der Waals surface area contributed by atoms with Crippen molar-refractivity contribution < 1.29 is 9.63 Å². The number of tetrazole rings is 1. The predicted octanol–water partition coefficient (Wildman–Crippen LogP) is -0.476. The maximum absolute atomic E-state index is 11.5. The van der Waals surface area contributed by atoms with E-state index in [0.29, 0.717) is 5.56 Å². The zero-order valence-electron chi connectivity index (χ0n) is 7.57. The Hall–Kier alpha value is -2.44. The van der Waals surface area contributed by atoms with E-state index in [1.807, 2.05) is 0 Å². The number of nitrogen functional groups attached to an aromatic ring is 1. The van der Waals surface area contributed by atoms with Crippen molar-refractivity contribution in [2.45, 2.75) is 0 Å².